The van der Waals surface area contributed by atoms with Gasteiger partial charge in [0.1, 0.15) is 11.9 Å². The lowest BCUT2D eigenvalue weighted by Crippen LogP contribution is -2.21. The fourth-order valence-corrected chi connectivity index (χ4v) is 7.34. The summed E-state index contributed by atoms with van der Waals surface area (Å²) in [5, 5.41) is 13.1. The fourth-order valence-electron chi connectivity index (χ4n) is 7.01. The zero-order valence-corrected chi connectivity index (χ0v) is 28.9. The first kappa shape index (κ1) is 34.4. The van der Waals surface area contributed by atoms with E-state index in [0.29, 0.717) is 66.6 Å². The van der Waals surface area contributed by atoms with E-state index >= 15 is 0 Å². The summed E-state index contributed by atoms with van der Waals surface area (Å²) in [6.07, 6.45) is 4.88. The molecule has 0 radical (unpaired) electrons. The first-order valence-corrected chi connectivity index (χ1v) is 17.2. The normalized spacial score (nSPS) is 16.9. The van der Waals surface area contributed by atoms with Gasteiger partial charge in [-0.3, -0.25) is 9.59 Å². The number of methoxy groups -OCH3 is 2. The highest BCUT2D eigenvalue weighted by atomic mass is 35.5. The third-order valence-corrected chi connectivity index (χ3v) is 9.91. The molecular formula is C39H42ClN3O6. The lowest BCUT2D eigenvalue weighted by molar-refractivity contribution is -0.137. The minimum atomic E-state index is -0.818. The number of hydrogen-bond donors (Lipinski definition) is 2. The van der Waals surface area contributed by atoms with Crippen molar-refractivity contribution < 1.29 is 28.9 Å². The van der Waals surface area contributed by atoms with Gasteiger partial charge in [-0.2, -0.15) is 4.98 Å². The van der Waals surface area contributed by atoms with Gasteiger partial charge >= 0.3 is 5.97 Å². The summed E-state index contributed by atoms with van der Waals surface area (Å²) in [5.74, 6) is 1.44. The van der Waals surface area contributed by atoms with Crippen LogP contribution in [0.2, 0.25) is 5.02 Å². The molecule has 0 bridgehead atoms. The summed E-state index contributed by atoms with van der Waals surface area (Å²) in [6, 6.07) is 18.2. The topological polar surface area (TPSA) is 120 Å². The summed E-state index contributed by atoms with van der Waals surface area (Å²) in [5.41, 5.74) is 8.52. The Morgan fingerprint density at radius 1 is 0.939 bits per heavy atom. The average molecular weight is 684 g/mol. The van der Waals surface area contributed by atoms with Crippen molar-refractivity contribution in [2.45, 2.75) is 70.9 Å². The van der Waals surface area contributed by atoms with Crippen LogP contribution in [0.15, 0.2) is 54.6 Å². The first-order valence-electron chi connectivity index (χ1n) is 16.9. The Morgan fingerprint density at radius 2 is 1.69 bits per heavy atom. The van der Waals surface area contributed by atoms with Crippen molar-refractivity contribution in [3.63, 3.8) is 0 Å². The Balaban J connectivity index is 1.21. The van der Waals surface area contributed by atoms with Gasteiger partial charge in [-0.1, -0.05) is 54.1 Å². The molecule has 1 fully saturated rings. The van der Waals surface area contributed by atoms with Gasteiger partial charge < -0.3 is 24.6 Å². The first-order chi connectivity index (χ1) is 23.7. The molecule has 1 saturated carbocycles. The number of aromatic nitrogens is 2. The van der Waals surface area contributed by atoms with E-state index in [0.717, 1.165) is 70.4 Å². The smallest absolute Gasteiger partial charge is 0.303 e. The van der Waals surface area contributed by atoms with Crippen LogP contribution in [0.3, 0.4) is 0 Å². The second kappa shape index (κ2) is 15.4. The Bertz CT molecular complexity index is 1860. The molecule has 2 aliphatic rings. The number of carboxylic acid groups (broad SMARTS) is 1. The number of benzene rings is 2. The largest absolute Gasteiger partial charge is 0.481 e. The Labute approximate surface area is 292 Å². The van der Waals surface area contributed by atoms with Crippen LogP contribution >= 0.6 is 11.6 Å². The van der Waals surface area contributed by atoms with Crippen LogP contribution in [-0.4, -0.2) is 47.6 Å². The number of Topliss-reactive ketones (excluding diaryl/α,β-unsaturated/α-hetero) is 1. The molecule has 49 heavy (non-hydrogen) atoms. The molecule has 0 unspecified atom stereocenters. The summed E-state index contributed by atoms with van der Waals surface area (Å²) in [7, 11) is 3.19. The molecule has 2 heterocycles. The molecule has 9 nitrogen and oxygen atoms in total. The van der Waals surface area contributed by atoms with Crippen molar-refractivity contribution in [1.82, 2.24) is 15.3 Å². The van der Waals surface area contributed by atoms with Crippen molar-refractivity contribution >= 4 is 23.4 Å². The van der Waals surface area contributed by atoms with Gasteiger partial charge in [-0.25, -0.2) is 4.98 Å². The Kier molecular flexibility index (Phi) is 10.8. The number of hydrogen-bond acceptors (Lipinski definition) is 8. The van der Waals surface area contributed by atoms with Gasteiger partial charge in [0.2, 0.25) is 17.6 Å². The average Bonchev–Trinajstić information content (AvgIpc) is 3.71. The molecule has 0 aliphatic heterocycles. The molecule has 0 amide bonds. The minimum Gasteiger partial charge on any atom is -0.481 e. The SMILES string of the molecule is COc1nc(-c2cccc(-c3cccc4c3CC[C@@H]4Oc3nc(OC)c(CCCC(=O)O)cc3C)c2Cl)ccc1CNC[C@@H]1CCC(=O)C1. The summed E-state index contributed by atoms with van der Waals surface area (Å²) >= 11 is 7.16. The third kappa shape index (κ3) is 7.73. The summed E-state index contributed by atoms with van der Waals surface area (Å²) in [4.78, 5) is 32.1. The van der Waals surface area contributed by atoms with Gasteiger partial charge in [0, 0.05) is 53.6 Å². The zero-order valence-electron chi connectivity index (χ0n) is 28.2. The van der Waals surface area contributed by atoms with Crippen molar-refractivity contribution in [2.75, 3.05) is 20.8 Å². The number of ether oxygens (including phenoxy) is 3. The molecule has 2 aromatic carbocycles. The van der Waals surface area contributed by atoms with E-state index in [1.807, 2.05) is 49.4 Å². The second-order valence-corrected chi connectivity index (χ2v) is 13.2. The Hall–Kier alpha value is -4.47. The van der Waals surface area contributed by atoms with Gasteiger partial charge in [0.25, 0.3) is 0 Å². The van der Waals surface area contributed by atoms with Crippen LogP contribution < -0.4 is 19.5 Å². The highest BCUT2D eigenvalue weighted by Gasteiger charge is 2.29. The maximum Gasteiger partial charge on any atom is 0.303 e. The molecule has 2 aliphatic carbocycles. The van der Waals surface area contributed by atoms with Crippen molar-refractivity contribution in [1.29, 1.82) is 0 Å². The van der Waals surface area contributed by atoms with Crippen molar-refractivity contribution in [3.8, 4) is 40.0 Å². The number of nitrogens with zero attached hydrogens (tertiary/aromatic N) is 2. The summed E-state index contributed by atoms with van der Waals surface area (Å²) < 4.78 is 17.8. The number of carboxylic acids is 1. The molecule has 6 rings (SSSR count). The maximum absolute atomic E-state index is 11.6. The number of aryl methyl sites for hydroxylation is 2. The fraction of sp³-hybridized carbons (Fsp3) is 0.385. The van der Waals surface area contributed by atoms with E-state index in [4.69, 9.17) is 35.9 Å². The van der Waals surface area contributed by atoms with Gasteiger partial charge in [0.15, 0.2) is 0 Å². The van der Waals surface area contributed by atoms with Crippen molar-refractivity contribution in [2.24, 2.45) is 5.92 Å². The van der Waals surface area contributed by atoms with Crippen LogP contribution in [0, 0.1) is 12.8 Å². The zero-order chi connectivity index (χ0) is 34.5. The highest BCUT2D eigenvalue weighted by molar-refractivity contribution is 6.36. The van der Waals surface area contributed by atoms with E-state index in [1.165, 1.54) is 5.56 Å². The van der Waals surface area contributed by atoms with E-state index in [2.05, 4.69) is 22.4 Å². The molecule has 2 atom stereocenters. The van der Waals surface area contributed by atoms with Crippen LogP contribution in [-0.2, 0) is 29.0 Å². The maximum atomic E-state index is 11.6. The van der Waals surface area contributed by atoms with E-state index in [1.54, 1.807) is 14.2 Å². The molecule has 256 valence electrons. The second-order valence-electron chi connectivity index (χ2n) is 12.9. The minimum absolute atomic E-state index is 0.0924. The van der Waals surface area contributed by atoms with Gasteiger partial charge in [-0.05, 0) is 80.3 Å². The number of carbonyl (C=O) groups is 2. The molecule has 2 N–H and O–H groups in total. The number of rotatable bonds is 14. The van der Waals surface area contributed by atoms with Crippen LogP contribution in [0.1, 0.15) is 72.4 Å². The number of pyridine rings is 2. The predicted molar refractivity (Wildman–Crippen MR) is 189 cm³/mol. The number of halogens is 1. The lowest BCUT2D eigenvalue weighted by atomic mass is 9.94. The molecule has 4 aromatic rings. The van der Waals surface area contributed by atoms with E-state index < -0.39 is 5.97 Å². The quantitative estimate of drug-likeness (QED) is 0.138. The molecule has 0 spiro atoms. The number of nitrogens with one attached hydrogen (secondary N) is 1. The van der Waals surface area contributed by atoms with E-state index in [-0.39, 0.29) is 12.5 Å². The number of aliphatic carboxylic acids is 1. The molecule has 10 heteroatoms. The monoisotopic (exact) mass is 683 g/mol. The summed E-state index contributed by atoms with van der Waals surface area (Å²) in [6.45, 7) is 3.35. The molecular weight excluding hydrogens is 642 g/mol. The molecule has 2 aromatic heterocycles. The number of ketones is 1. The standard InChI is InChI=1S/C39H42ClN3O6/c1-23-19-25(7-4-12-35(45)46)38(47-2)43-37(23)49-34-18-16-29-28(8-5-9-30(29)34)31-10-6-11-32(36(31)40)33-17-14-26(39(42-33)48-3)22-41-21-24-13-15-27(44)20-24/h5-6,8-11,14,17,19,24,34,41H,4,7,12-13,15-16,18,20-22H2,1-3H3,(H,45,46)/t24-,34+/m1/s1. The third-order valence-electron chi connectivity index (χ3n) is 9.50. The number of fused-ring (bicyclic) bond motifs is 1. The Morgan fingerprint density at radius 3 is 2.45 bits per heavy atom. The number of carbonyl (C=O) groups excluding carboxylic acids is 1. The van der Waals surface area contributed by atoms with Crippen molar-refractivity contribution in [3.05, 3.63) is 87.4 Å². The van der Waals surface area contributed by atoms with Gasteiger partial charge in [-0.15, -0.1) is 0 Å². The van der Waals surface area contributed by atoms with Crippen LogP contribution in [0.25, 0.3) is 22.4 Å². The van der Waals surface area contributed by atoms with E-state index in [9.17, 15) is 9.59 Å². The lowest BCUT2D eigenvalue weighted by Gasteiger charge is -2.19. The van der Waals surface area contributed by atoms with Crippen LogP contribution in [0.4, 0.5) is 0 Å². The predicted octanol–water partition coefficient (Wildman–Crippen LogP) is 7.72. The molecule has 0 saturated heterocycles. The van der Waals surface area contributed by atoms with Crippen LogP contribution in [0.5, 0.6) is 17.6 Å². The highest BCUT2D eigenvalue weighted by Crippen LogP contribution is 2.44. The van der Waals surface area contributed by atoms with Gasteiger partial charge in [0.05, 0.1) is 24.9 Å².